The summed E-state index contributed by atoms with van der Waals surface area (Å²) in [6, 6.07) is 3.76. The van der Waals surface area contributed by atoms with E-state index in [4.69, 9.17) is 0 Å². The summed E-state index contributed by atoms with van der Waals surface area (Å²) in [5, 5.41) is 3.12. The predicted octanol–water partition coefficient (Wildman–Crippen LogP) is 1.35. The number of carbonyl (C=O) groups is 1. The molecule has 0 bridgehead atoms. The Bertz CT molecular complexity index is 519. The van der Waals surface area contributed by atoms with Crippen molar-refractivity contribution in [2.75, 3.05) is 26.7 Å². The van der Waals surface area contributed by atoms with E-state index in [0.717, 1.165) is 19.2 Å². The lowest BCUT2D eigenvalue weighted by Crippen LogP contribution is -2.57. The minimum atomic E-state index is -0.873. The van der Waals surface area contributed by atoms with Crippen molar-refractivity contribution < 1.29 is 13.6 Å². The zero-order valence-corrected chi connectivity index (χ0v) is 10.6. The van der Waals surface area contributed by atoms with Gasteiger partial charge in [0.25, 0.3) is 0 Å². The number of carbonyl (C=O) groups excluding carboxylic acids is 1. The molecule has 6 heteroatoms. The predicted molar refractivity (Wildman–Crippen MR) is 65.6 cm³/mol. The highest BCUT2D eigenvalue weighted by atomic mass is 19.2. The maximum Gasteiger partial charge on any atom is 0.320 e. The smallest absolute Gasteiger partial charge is 0.319 e. The molecule has 2 aliphatic rings. The summed E-state index contributed by atoms with van der Waals surface area (Å²) >= 11 is 0. The first-order valence-electron chi connectivity index (χ1n) is 6.27. The van der Waals surface area contributed by atoms with Crippen LogP contribution in [0.4, 0.5) is 13.6 Å². The van der Waals surface area contributed by atoms with Gasteiger partial charge in [-0.15, -0.1) is 0 Å². The molecule has 0 spiro atoms. The van der Waals surface area contributed by atoms with Gasteiger partial charge in [-0.3, -0.25) is 0 Å². The van der Waals surface area contributed by atoms with E-state index in [9.17, 15) is 13.6 Å². The molecule has 4 nitrogen and oxygen atoms in total. The third-order valence-electron chi connectivity index (χ3n) is 3.91. The molecule has 0 radical (unpaired) electrons. The van der Waals surface area contributed by atoms with Crippen molar-refractivity contribution in [3.8, 4) is 0 Å². The van der Waals surface area contributed by atoms with Crippen LogP contribution >= 0.6 is 0 Å². The fraction of sp³-hybridized carbons (Fsp3) is 0.462. The van der Waals surface area contributed by atoms with E-state index in [0.29, 0.717) is 12.1 Å². The van der Waals surface area contributed by atoms with Crippen molar-refractivity contribution in [2.45, 2.75) is 12.1 Å². The highest BCUT2D eigenvalue weighted by molar-refractivity contribution is 5.77. The van der Waals surface area contributed by atoms with Crippen LogP contribution in [0.15, 0.2) is 18.2 Å². The van der Waals surface area contributed by atoms with Crippen LogP contribution < -0.4 is 5.32 Å². The SMILES string of the molecule is CN1C(=O)N(C2CNC2)CC1c1ccc(F)c(F)c1. The van der Waals surface area contributed by atoms with E-state index < -0.39 is 11.6 Å². The van der Waals surface area contributed by atoms with Gasteiger partial charge in [-0.2, -0.15) is 0 Å². The van der Waals surface area contributed by atoms with Crippen LogP contribution in [0.2, 0.25) is 0 Å². The van der Waals surface area contributed by atoms with E-state index in [1.165, 1.54) is 12.1 Å². The van der Waals surface area contributed by atoms with Gasteiger partial charge in [0.1, 0.15) is 0 Å². The monoisotopic (exact) mass is 267 g/mol. The van der Waals surface area contributed by atoms with Gasteiger partial charge in [-0.05, 0) is 17.7 Å². The van der Waals surface area contributed by atoms with Gasteiger partial charge in [0.05, 0.1) is 12.1 Å². The van der Waals surface area contributed by atoms with Crippen molar-refractivity contribution in [1.29, 1.82) is 0 Å². The van der Waals surface area contributed by atoms with Crippen LogP contribution in [0.3, 0.4) is 0 Å². The van der Waals surface area contributed by atoms with Crippen molar-refractivity contribution in [1.82, 2.24) is 15.1 Å². The molecule has 0 aromatic heterocycles. The quantitative estimate of drug-likeness (QED) is 0.878. The molecule has 3 rings (SSSR count). The van der Waals surface area contributed by atoms with Crippen molar-refractivity contribution in [3.63, 3.8) is 0 Å². The molecule has 102 valence electrons. The zero-order chi connectivity index (χ0) is 13.6. The second-order valence-corrected chi connectivity index (χ2v) is 5.05. The summed E-state index contributed by atoms with van der Waals surface area (Å²) in [4.78, 5) is 15.5. The highest BCUT2D eigenvalue weighted by Crippen LogP contribution is 2.30. The minimum Gasteiger partial charge on any atom is -0.319 e. The Morgan fingerprint density at radius 2 is 2.00 bits per heavy atom. The molecule has 2 amide bonds. The van der Waals surface area contributed by atoms with E-state index in [2.05, 4.69) is 5.32 Å². The lowest BCUT2D eigenvalue weighted by molar-refractivity contribution is 0.162. The third-order valence-corrected chi connectivity index (χ3v) is 3.91. The minimum absolute atomic E-state index is 0.0544. The van der Waals surface area contributed by atoms with Gasteiger partial charge in [0, 0.05) is 26.7 Å². The number of benzene rings is 1. The van der Waals surface area contributed by atoms with E-state index >= 15 is 0 Å². The maximum atomic E-state index is 13.3. The normalized spacial score (nSPS) is 23.9. The molecule has 0 saturated carbocycles. The number of halogens is 2. The Kier molecular flexibility index (Phi) is 2.89. The molecule has 2 aliphatic heterocycles. The number of nitrogens with zero attached hydrogens (tertiary/aromatic N) is 2. The number of nitrogens with one attached hydrogen (secondary N) is 1. The van der Waals surface area contributed by atoms with Crippen LogP contribution in [0.5, 0.6) is 0 Å². The molecular weight excluding hydrogens is 252 g/mol. The average Bonchev–Trinajstić information content (AvgIpc) is 2.60. The number of hydrogen-bond acceptors (Lipinski definition) is 2. The van der Waals surface area contributed by atoms with Crippen molar-refractivity contribution >= 4 is 6.03 Å². The Hall–Kier alpha value is -1.69. The molecule has 2 heterocycles. The van der Waals surface area contributed by atoms with Crippen molar-refractivity contribution in [2.24, 2.45) is 0 Å². The number of amides is 2. The molecule has 2 saturated heterocycles. The summed E-state index contributed by atoms with van der Waals surface area (Å²) in [6.45, 7) is 2.11. The first-order chi connectivity index (χ1) is 9.08. The lowest BCUT2D eigenvalue weighted by atomic mass is 10.1. The van der Waals surface area contributed by atoms with Crippen LogP contribution in [-0.4, -0.2) is 48.6 Å². The van der Waals surface area contributed by atoms with E-state index in [1.807, 2.05) is 0 Å². The van der Waals surface area contributed by atoms with Gasteiger partial charge in [-0.25, -0.2) is 13.6 Å². The first-order valence-corrected chi connectivity index (χ1v) is 6.27. The lowest BCUT2D eigenvalue weighted by Gasteiger charge is -2.34. The van der Waals surface area contributed by atoms with Gasteiger partial charge in [0.2, 0.25) is 0 Å². The van der Waals surface area contributed by atoms with Crippen molar-refractivity contribution in [3.05, 3.63) is 35.4 Å². The summed E-state index contributed by atoms with van der Waals surface area (Å²) in [5.41, 5.74) is 0.629. The van der Waals surface area contributed by atoms with Crippen LogP contribution in [0, 0.1) is 11.6 Å². The molecule has 1 unspecified atom stereocenters. The second kappa shape index (κ2) is 4.45. The summed E-state index contributed by atoms with van der Waals surface area (Å²) in [6.07, 6.45) is 0. The van der Waals surface area contributed by atoms with Crippen LogP contribution in [-0.2, 0) is 0 Å². The van der Waals surface area contributed by atoms with Gasteiger partial charge < -0.3 is 15.1 Å². The standard InChI is InChI=1S/C13H15F2N3O/c1-17-12(8-2-3-10(14)11(15)4-8)7-18(13(17)19)9-5-16-6-9/h2-4,9,12,16H,5-7H2,1H3. The number of hydrogen-bond donors (Lipinski definition) is 1. The number of rotatable bonds is 2. The molecule has 1 N–H and O–H groups in total. The summed E-state index contributed by atoms with van der Waals surface area (Å²) < 4.78 is 26.2. The van der Waals surface area contributed by atoms with Gasteiger partial charge in [0.15, 0.2) is 11.6 Å². The van der Waals surface area contributed by atoms with Gasteiger partial charge in [-0.1, -0.05) is 6.07 Å². The molecule has 2 fully saturated rings. The second-order valence-electron chi connectivity index (χ2n) is 5.05. The Labute approximate surface area is 110 Å². The van der Waals surface area contributed by atoms with E-state index in [1.54, 1.807) is 16.8 Å². The zero-order valence-electron chi connectivity index (χ0n) is 10.6. The Morgan fingerprint density at radius 3 is 2.58 bits per heavy atom. The van der Waals surface area contributed by atoms with E-state index in [-0.39, 0.29) is 18.1 Å². The maximum absolute atomic E-state index is 13.3. The molecule has 1 aromatic carbocycles. The van der Waals surface area contributed by atoms with Crippen LogP contribution in [0.25, 0.3) is 0 Å². The summed E-state index contributed by atoms with van der Waals surface area (Å²) in [7, 11) is 1.69. The fourth-order valence-electron chi connectivity index (χ4n) is 2.57. The molecular formula is C13H15F2N3O. The summed E-state index contributed by atoms with van der Waals surface area (Å²) in [5.74, 6) is -1.74. The molecule has 1 atom stereocenters. The fourth-order valence-corrected chi connectivity index (χ4v) is 2.57. The van der Waals surface area contributed by atoms with Gasteiger partial charge >= 0.3 is 6.03 Å². The first kappa shape index (κ1) is 12.3. The molecule has 19 heavy (non-hydrogen) atoms. The molecule has 0 aliphatic carbocycles. The highest BCUT2D eigenvalue weighted by Gasteiger charge is 2.41. The van der Waals surface area contributed by atoms with Crippen LogP contribution in [0.1, 0.15) is 11.6 Å². The average molecular weight is 267 g/mol. The number of urea groups is 1. The topological polar surface area (TPSA) is 35.6 Å². The Balaban J connectivity index is 1.84. The Morgan fingerprint density at radius 1 is 1.26 bits per heavy atom. The third kappa shape index (κ3) is 1.96. The number of likely N-dealkylation sites (N-methyl/N-ethyl adjacent to an activating group) is 1. The largest absolute Gasteiger partial charge is 0.320 e. The molecule has 1 aromatic rings.